The summed E-state index contributed by atoms with van der Waals surface area (Å²) in [6.45, 7) is 2.56. The molecule has 0 aliphatic rings. The van der Waals surface area contributed by atoms with Gasteiger partial charge >= 0.3 is 6.03 Å². The normalized spacial score (nSPS) is 10.3. The lowest BCUT2D eigenvalue weighted by Crippen LogP contribution is -2.31. The number of rotatable bonds is 6. The first-order valence-corrected chi connectivity index (χ1v) is 8.83. The maximum atomic E-state index is 12.4. The Morgan fingerprint density at radius 1 is 1.18 bits per heavy atom. The minimum absolute atomic E-state index is 0.0601. The summed E-state index contributed by atoms with van der Waals surface area (Å²) in [5.41, 5.74) is 0.864. The number of nitrogens with zero attached hydrogens (tertiary/aromatic N) is 2. The first kappa shape index (κ1) is 19.0. The average Bonchev–Trinajstić information content (AvgIpc) is 2.71. The molecular formula is C21H20N4O3. The number of para-hydroxylation sites is 2. The number of urea groups is 1. The van der Waals surface area contributed by atoms with Crippen LogP contribution in [0.1, 0.15) is 12.6 Å². The van der Waals surface area contributed by atoms with Crippen LogP contribution in [-0.2, 0) is 13.1 Å². The molecule has 1 aromatic heterocycles. The maximum absolute atomic E-state index is 12.4. The Bertz CT molecular complexity index is 1100. The molecule has 2 N–H and O–H groups in total. The standard InChI is InChI=1S/C21H20N4O3/c1-3-13-25-20(26)16-10-6-5-9-15(16)18(24-25)14-22-21(27)23-17-11-7-8-12-19(17)28-4-2/h1,5-12H,4,13-14H2,2H3,(H2,22,23,27). The molecule has 0 saturated carbocycles. The number of ether oxygens (including phenoxy) is 1. The molecule has 3 rings (SSSR count). The summed E-state index contributed by atoms with van der Waals surface area (Å²) in [6, 6.07) is 13.9. The highest BCUT2D eigenvalue weighted by atomic mass is 16.5. The number of amides is 2. The summed E-state index contributed by atoms with van der Waals surface area (Å²) in [4.78, 5) is 24.8. The van der Waals surface area contributed by atoms with Gasteiger partial charge in [-0.15, -0.1) is 6.42 Å². The van der Waals surface area contributed by atoms with Crippen molar-refractivity contribution in [3.63, 3.8) is 0 Å². The molecule has 1 heterocycles. The van der Waals surface area contributed by atoms with E-state index in [4.69, 9.17) is 11.2 Å². The van der Waals surface area contributed by atoms with E-state index < -0.39 is 6.03 Å². The molecule has 2 aromatic carbocycles. The minimum atomic E-state index is -0.410. The van der Waals surface area contributed by atoms with Gasteiger partial charge in [0.25, 0.3) is 5.56 Å². The number of carbonyl (C=O) groups excluding carboxylic acids is 1. The lowest BCUT2D eigenvalue weighted by atomic mass is 10.1. The highest BCUT2D eigenvalue weighted by Gasteiger charge is 2.12. The van der Waals surface area contributed by atoms with Crippen molar-refractivity contribution in [1.82, 2.24) is 15.1 Å². The second-order valence-electron chi connectivity index (χ2n) is 5.90. The zero-order valence-corrected chi connectivity index (χ0v) is 15.4. The van der Waals surface area contributed by atoms with Crippen LogP contribution >= 0.6 is 0 Å². The zero-order valence-electron chi connectivity index (χ0n) is 15.4. The molecule has 0 fully saturated rings. The van der Waals surface area contributed by atoms with Gasteiger partial charge in [0.05, 0.1) is 29.9 Å². The molecule has 7 nitrogen and oxygen atoms in total. The third kappa shape index (κ3) is 4.13. The second kappa shape index (κ2) is 8.73. The van der Waals surface area contributed by atoms with Crippen molar-refractivity contribution in [3.05, 3.63) is 64.6 Å². The van der Waals surface area contributed by atoms with E-state index in [0.29, 0.717) is 34.5 Å². The lowest BCUT2D eigenvalue weighted by molar-refractivity contribution is 0.251. The Labute approximate surface area is 162 Å². The quantitative estimate of drug-likeness (QED) is 0.648. The third-order valence-electron chi connectivity index (χ3n) is 4.04. The van der Waals surface area contributed by atoms with Crippen molar-refractivity contribution in [1.29, 1.82) is 0 Å². The molecule has 0 spiro atoms. The smallest absolute Gasteiger partial charge is 0.319 e. The van der Waals surface area contributed by atoms with E-state index in [0.717, 1.165) is 0 Å². The van der Waals surface area contributed by atoms with Gasteiger partial charge in [-0.25, -0.2) is 9.48 Å². The fourth-order valence-electron chi connectivity index (χ4n) is 2.81. The molecule has 2 amide bonds. The highest BCUT2D eigenvalue weighted by molar-refractivity contribution is 5.91. The van der Waals surface area contributed by atoms with Gasteiger partial charge in [0.1, 0.15) is 12.3 Å². The van der Waals surface area contributed by atoms with E-state index in [1.54, 1.807) is 30.3 Å². The van der Waals surface area contributed by atoms with Crippen molar-refractivity contribution in [2.45, 2.75) is 20.0 Å². The van der Waals surface area contributed by atoms with Gasteiger partial charge in [0.2, 0.25) is 0 Å². The molecule has 0 unspecified atom stereocenters. The summed E-state index contributed by atoms with van der Waals surface area (Å²) in [7, 11) is 0. The molecular weight excluding hydrogens is 356 g/mol. The molecule has 0 radical (unpaired) electrons. The monoisotopic (exact) mass is 376 g/mol. The Hall–Kier alpha value is -3.79. The van der Waals surface area contributed by atoms with Gasteiger partial charge < -0.3 is 15.4 Å². The minimum Gasteiger partial charge on any atom is -0.492 e. The van der Waals surface area contributed by atoms with Crippen LogP contribution in [0, 0.1) is 12.3 Å². The first-order chi connectivity index (χ1) is 13.6. The van der Waals surface area contributed by atoms with Crippen molar-refractivity contribution in [2.75, 3.05) is 11.9 Å². The average molecular weight is 376 g/mol. The van der Waals surface area contributed by atoms with E-state index in [2.05, 4.69) is 21.7 Å². The van der Waals surface area contributed by atoms with Crippen LogP contribution < -0.4 is 20.9 Å². The third-order valence-corrected chi connectivity index (χ3v) is 4.04. The predicted molar refractivity (Wildman–Crippen MR) is 108 cm³/mol. The number of fused-ring (bicyclic) bond motifs is 1. The molecule has 0 atom stereocenters. The number of hydrogen-bond donors (Lipinski definition) is 2. The van der Waals surface area contributed by atoms with Gasteiger partial charge in [-0.05, 0) is 25.1 Å². The number of benzene rings is 2. The number of terminal acetylenes is 1. The van der Waals surface area contributed by atoms with Crippen molar-refractivity contribution in [2.24, 2.45) is 0 Å². The molecule has 0 saturated heterocycles. The predicted octanol–water partition coefficient (Wildman–Crippen LogP) is 2.75. The molecule has 7 heteroatoms. The summed E-state index contributed by atoms with van der Waals surface area (Å²) >= 11 is 0. The topological polar surface area (TPSA) is 85.2 Å². The Balaban J connectivity index is 1.80. The van der Waals surface area contributed by atoms with Crippen LogP contribution in [0.5, 0.6) is 5.75 Å². The number of nitrogens with one attached hydrogen (secondary N) is 2. The molecule has 0 aliphatic heterocycles. The largest absolute Gasteiger partial charge is 0.492 e. The van der Waals surface area contributed by atoms with Gasteiger partial charge in [-0.2, -0.15) is 5.10 Å². The van der Waals surface area contributed by atoms with Crippen LogP contribution in [0.25, 0.3) is 10.8 Å². The number of anilines is 1. The molecule has 3 aromatic rings. The Morgan fingerprint density at radius 3 is 2.64 bits per heavy atom. The van der Waals surface area contributed by atoms with E-state index in [-0.39, 0.29) is 18.6 Å². The molecule has 0 aliphatic carbocycles. The van der Waals surface area contributed by atoms with Crippen LogP contribution in [0.4, 0.5) is 10.5 Å². The van der Waals surface area contributed by atoms with Gasteiger partial charge in [-0.3, -0.25) is 4.79 Å². The summed E-state index contributed by atoms with van der Waals surface area (Å²) in [5, 5.41) is 11.0. The maximum Gasteiger partial charge on any atom is 0.319 e. The fraction of sp³-hybridized carbons (Fsp3) is 0.190. The van der Waals surface area contributed by atoms with Crippen LogP contribution in [-0.4, -0.2) is 22.4 Å². The van der Waals surface area contributed by atoms with Crippen LogP contribution in [0.3, 0.4) is 0 Å². The SMILES string of the molecule is C#CCn1nc(CNC(=O)Nc2ccccc2OCC)c2ccccc2c1=O. The Morgan fingerprint density at radius 2 is 1.89 bits per heavy atom. The molecule has 0 bridgehead atoms. The van der Waals surface area contributed by atoms with Crippen LogP contribution in [0.2, 0.25) is 0 Å². The first-order valence-electron chi connectivity index (χ1n) is 8.83. The molecule has 142 valence electrons. The van der Waals surface area contributed by atoms with E-state index in [1.807, 2.05) is 25.1 Å². The fourth-order valence-corrected chi connectivity index (χ4v) is 2.81. The zero-order chi connectivity index (χ0) is 19.9. The van der Waals surface area contributed by atoms with Crippen molar-refractivity contribution >= 4 is 22.5 Å². The lowest BCUT2D eigenvalue weighted by Gasteiger charge is -2.13. The van der Waals surface area contributed by atoms with Gasteiger partial charge in [0, 0.05) is 5.39 Å². The second-order valence-corrected chi connectivity index (χ2v) is 5.90. The summed E-state index contributed by atoms with van der Waals surface area (Å²) in [5.74, 6) is 3.01. The summed E-state index contributed by atoms with van der Waals surface area (Å²) in [6.07, 6.45) is 5.33. The summed E-state index contributed by atoms with van der Waals surface area (Å²) < 4.78 is 6.73. The van der Waals surface area contributed by atoms with Crippen LogP contribution in [0.15, 0.2) is 53.3 Å². The van der Waals surface area contributed by atoms with Crippen molar-refractivity contribution in [3.8, 4) is 18.1 Å². The highest BCUT2D eigenvalue weighted by Crippen LogP contribution is 2.23. The number of carbonyl (C=O) groups is 1. The molecule has 28 heavy (non-hydrogen) atoms. The van der Waals surface area contributed by atoms with E-state index >= 15 is 0 Å². The number of hydrogen-bond acceptors (Lipinski definition) is 4. The van der Waals surface area contributed by atoms with E-state index in [1.165, 1.54) is 4.68 Å². The van der Waals surface area contributed by atoms with Gasteiger partial charge in [0.15, 0.2) is 0 Å². The van der Waals surface area contributed by atoms with Gasteiger partial charge in [-0.1, -0.05) is 36.3 Å². The van der Waals surface area contributed by atoms with E-state index in [9.17, 15) is 9.59 Å². The van der Waals surface area contributed by atoms with Crippen molar-refractivity contribution < 1.29 is 9.53 Å². The Kier molecular flexibility index (Phi) is 5.92. The number of aromatic nitrogens is 2.